The molecule has 0 bridgehead atoms. The standard InChI is InChI=1S/C12H16F2N2/c13-8-4-3-5-9(14)12(8)16-11-7-2-1-6-10(11)15/h3-5,10-11,16H,1-2,6-7,15H2/t10-,11-/m0/s1. The Bertz CT molecular complexity index is 348. The summed E-state index contributed by atoms with van der Waals surface area (Å²) in [5, 5.41) is 2.89. The molecule has 0 radical (unpaired) electrons. The fourth-order valence-corrected chi connectivity index (χ4v) is 2.16. The molecule has 0 spiro atoms. The van der Waals surface area contributed by atoms with Crippen molar-refractivity contribution in [3.63, 3.8) is 0 Å². The van der Waals surface area contributed by atoms with E-state index in [1.807, 2.05) is 0 Å². The van der Waals surface area contributed by atoms with Crippen molar-refractivity contribution in [2.45, 2.75) is 37.8 Å². The van der Waals surface area contributed by atoms with Gasteiger partial charge in [-0.1, -0.05) is 18.9 Å². The minimum atomic E-state index is -0.558. The molecule has 2 nitrogen and oxygen atoms in total. The van der Waals surface area contributed by atoms with Crippen LogP contribution in [0, 0.1) is 11.6 Å². The third-order valence-electron chi connectivity index (χ3n) is 3.11. The molecule has 0 aliphatic heterocycles. The first-order chi connectivity index (χ1) is 7.68. The van der Waals surface area contributed by atoms with Gasteiger partial charge in [-0.15, -0.1) is 0 Å². The smallest absolute Gasteiger partial charge is 0.149 e. The van der Waals surface area contributed by atoms with Crippen molar-refractivity contribution in [1.82, 2.24) is 0 Å². The summed E-state index contributed by atoms with van der Waals surface area (Å²) in [6.07, 6.45) is 3.93. The molecule has 1 saturated carbocycles. The zero-order chi connectivity index (χ0) is 11.5. The molecule has 1 fully saturated rings. The molecule has 3 N–H and O–H groups in total. The zero-order valence-electron chi connectivity index (χ0n) is 9.05. The lowest BCUT2D eigenvalue weighted by atomic mass is 9.91. The van der Waals surface area contributed by atoms with Crippen LogP contribution in [0.3, 0.4) is 0 Å². The molecule has 2 atom stereocenters. The first kappa shape index (κ1) is 11.3. The van der Waals surface area contributed by atoms with Gasteiger partial charge in [0.25, 0.3) is 0 Å². The van der Waals surface area contributed by atoms with Gasteiger partial charge in [0, 0.05) is 12.1 Å². The van der Waals surface area contributed by atoms with Crippen LogP contribution in [0.15, 0.2) is 18.2 Å². The molecule has 1 aliphatic carbocycles. The highest BCUT2D eigenvalue weighted by molar-refractivity contribution is 5.47. The minimum absolute atomic E-state index is 0.0206. The van der Waals surface area contributed by atoms with Gasteiger partial charge in [-0.2, -0.15) is 0 Å². The molecule has 4 heteroatoms. The van der Waals surface area contributed by atoms with Gasteiger partial charge in [0.1, 0.15) is 17.3 Å². The van der Waals surface area contributed by atoms with E-state index in [0.717, 1.165) is 25.7 Å². The Kier molecular flexibility index (Phi) is 3.39. The summed E-state index contributed by atoms with van der Waals surface area (Å²) >= 11 is 0. The van der Waals surface area contributed by atoms with Crippen molar-refractivity contribution >= 4 is 5.69 Å². The van der Waals surface area contributed by atoms with Gasteiger partial charge in [-0.3, -0.25) is 0 Å². The molecule has 0 saturated heterocycles. The topological polar surface area (TPSA) is 38.0 Å². The van der Waals surface area contributed by atoms with Crippen LogP contribution in [-0.4, -0.2) is 12.1 Å². The van der Waals surface area contributed by atoms with Crippen LogP contribution >= 0.6 is 0 Å². The molecular formula is C12H16F2N2. The van der Waals surface area contributed by atoms with Crippen LogP contribution in [0.5, 0.6) is 0 Å². The molecule has 1 aromatic rings. The first-order valence-electron chi connectivity index (χ1n) is 5.64. The fourth-order valence-electron chi connectivity index (χ4n) is 2.16. The lowest BCUT2D eigenvalue weighted by Crippen LogP contribution is -2.42. The molecule has 88 valence electrons. The van der Waals surface area contributed by atoms with E-state index in [1.54, 1.807) is 0 Å². The average Bonchev–Trinajstić information content (AvgIpc) is 2.26. The van der Waals surface area contributed by atoms with Crippen LogP contribution in [0.1, 0.15) is 25.7 Å². The molecule has 0 heterocycles. The van der Waals surface area contributed by atoms with Crippen molar-refractivity contribution in [2.24, 2.45) is 5.73 Å². The Hall–Kier alpha value is -1.16. The van der Waals surface area contributed by atoms with E-state index in [0.29, 0.717) is 0 Å². The van der Waals surface area contributed by atoms with E-state index in [9.17, 15) is 8.78 Å². The Morgan fingerprint density at radius 1 is 1.12 bits per heavy atom. The van der Waals surface area contributed by atoms with Crippen LogP contribution in [-0.2, 0) is 0 Å². The molecular weight excluding hydrogens is 210 g/mol. The third kappa shape index (κ3) is 2.32. The number of hydrogen-bond acceptors (Lipinski definition) is 2. The van der Waals surface area contributed by atoms with E-state index >= 15 is 0 Å². The van der Waals surface area contributed by atoms with Crippen molar-refractivity contribution in [3.8, 4) is 0 Å². The second-order valence-electron chi connectivity index (χ2n) is 4.30. The SMILES string of the molecule is N[C@H]1CCCC[C@@H]1Nc1c(F)cccc1F. The summed E-state index contributed by atoms with van der Waals surface area (Å²) in [7, 11) is 0. The van der Waals surface area contributed by atoms with Gasteiger partial charge in [0.05, 0.1) is 0 Å². The number of nitrogens with one attached hydrogen (secondary N) is 1. The summed E-state index contributed by atoms with van der Waals surface area (Å²) in [5.41, 5.74) is 5.87. The number of rotatable bonds is 2. The maximum atomic E-state index is 13.4. The Balaban J connectivity index is 2.13. The van der Waals surface area contributed by atoms with Crippen LogP contribution < -0.4 is 11.1 Å². The van der Waals surface area contributed by atoms with Gasteiger partial charge in [-0.25, -0.2) is 8.78 Å². The molecule has 0 amide bonds. The molecule has 0 aromatic heterocycles. The molecule has 1 aromatic carbocycles. The maximum Gasteiger partial charge on any atom is 0.149 e. The number of para-hydroxylation sites is 1. The van der Waals surface area contributed by atoms with Gasteiger partial charge in [0.2, 0.25) is 0 Å². The van der Waals surface area contributed by atoms with Crippen molar-refractivity contribution in [2.75, 3.05) is 5.32 Å². The van der Waals surface area contributed by atoms with Crippen molar-refractivity contribution in [3.05, 3.63) is 29.8 Å². The predicted molar refractivity (Wildman–Crippen MR) is 60.2 cm³/mol. The fraction of sp³-hybridized carbons (Fsp3) is 0.500. The average molecular weight is 226 g/mol. The molecule has 0 unspecified atom stereocenters. The highest BCUT2D eigenvalue weighted by atomic mass is 19.1. The van der Waals surface area contributed by atoms with Gasteiger partial charge in [-0.05, 0) is 25.0 Å². The van der Waals surface area contributed by atoms with E-state index in [2.05, 4.69) is 5.32 Å². The van der Waals surface area contributed by atoms with Gasteiger partial charge in [0.15, 0.2) is 0 Å². The summed E-state index contributed by atoms with van der Waals surface area (Å²) in [6, 6.07) is 3.81. The highest BCUT2D eigenvalue weighted by Crippen LogP contribution is 2.24. The summed E-state index contributed by atoms with van der Waals surface area (Å²) in [4.78, 5) is 0. The van der Waals surface area contributed by atoms with Crippen LogP contribution in [0.4, 0.5) is 14.5 Å². The molecule has 16 heavy (non-hydrogen) atoms. The highest BCUT2D eigenvalue weighted by Gasteiger charge is 2.23. The van der Waals surface area contributed by atoms with Gasteiger partial charge < -0.3 is 11.1 Å². The summed E-state index contributed by atoms with van der Waals surface area (Å²) < 4.78 is 26.8. The lowest BCUT2D eigenvalue weighted by Gasteiger charge is -2.30. The number of benzene rings is 1. The lowest BCUT2D eigenvalue weighted by molar-refractivity contribution is 0.401. The quantitative estimate of drug-likeness (QED) is 0.813. The molecule has 2 rings (SSSR count). The number of anilines is 1. The monoisotopic (exact) mass is 226 g/mol. The Morgan fingerprint density at radius 3 is 2.38 bits per heavy atom. The largest absolute Gasteiger partial charge is 0.376 e. The van der Waals surface area contributed by atoms with Gasteiger partial charge >= 0.3 is 0 Å². The normalized spacial score (nSPS) is 25.4. The molecule has 1 aliphatic rings. The second-order valence-corrected chi connectivity index (χ2v) is 4.30. The zero-order valence-corrected chi connectivity index (χ0v) is 9.05. The van der Waals surface area contributed by atoms with Crippen molar-refractivity contribution in [1.29, 1.82) is 0 Å². The predicted octanol–water partition coefficient (Wildman–Crippen LogP) is 2.65. The minimum Gasteiger partial charge on any atom is -0.376 e. The van der Waals surface area contributed by atoms with Crippen LogP contribution in [0.25, 0.3) is 0 Å². The number of nitrogens with two attached hydrogens (primary N) is 1. The third-order valence-corrected chi connectivity index (χ3v) is 3.11. The summed E-state index contributed by atoms with van der Waals surface area (Å²) in [6.45, 7) is 0. The second kappa shape index (κ2) is 4.78. The van der Waals surface area contributed by atoms with E-state index in [-0.39, 0.29) is 17.8 Å². The maximum absolute atomic E-state index is 13.4. The van der Waals surface area contributed by atoms with E-state index in [1.165, 1.54) is 18.2 Å². The van der Waals surface area contributed by atoms with Crippen molar-refractivity contribution < 1.29 is 8.78 Å². The Morgan fingerprint density at radius 2 is 1.75 bits per heavy atom. The van der Waals surface area contributed by atoms with E-state index in [4.69, 9.17) is 5.73 Å². The Labute approximate surface area is 93.8 Å². The van der Waals surface area contributed by atoms with E-state index < -0.39 is 11.6 Å². The number of hydrogen-bond donors (Lipinski definition) is 2. The van der Waals surface area contributed by atoms with Crippen LogP contribution in [0.2, 0.25) is 0 Å². The first-order valence-corrected chi connectivity index (χ1v) is 5.64. The summed E-state index contributed by atoms with van der Waals surface area (Å²) in [5.74, 6) is -1.12. The number of halogens is 2.